The quantitative estimate of drug-likeness (QED) is 0.0763. The monoisotopic (exact) mass is 1020 g/mol. The van der Waals surface area contributed by atoms with Crippen molar-refractivity contribution < 1.29 is 9.90 Å². The molecule has 4 aromatic carbocycles. The first-order chi connectivity index (χ1) is 33.7. The van der Waals surface area contributed by atoms with Gasteiger partial charge in [0.2, 0.25) is 0 Å². The molecule has 4 aliphatic carbocycles. The average molecular weight is 1020 g/mol. The van der Waals surface area contributed by atoms with Gasteiger partial charge in [0.25, 0.3) is 0 Å². The molecule has 17 heteroatoms. The third-order valence-corrected chi connectivity index (χ3v) is 14.2. The summed E-state index contributed by atoms with van der Waals surface area (Å²) in [5.74, 6) is -0.243. The fourth-order valence-electron chi connectivity index (χ4n) is 6.86. The Bertz CT molecular complexity index is 3750. The van der Waals surface area contributed by atoms with Crippen LogP contribution in [0.15, 0.2) is 161 Å². The van der Waals surface area contributed by atoms with Crippen molar-refractivity contribution in [2.24, 2.45) is 15.0 Å². The van der Waals surface area contributed by atoms with E-state index >= 15 is 0 Å². The summed E-state index contributed by atoms with van der Waals surface area (Å²) in [5, 5.41) is 19.7. The summed E-state index contributed by atoms with van der Waals surface area (Å²) in [6.45, 7) is 2.86. The summed E-state index contributed by atoms with van der Waals surface area (Å²) >= 11 is 16.6. The minimum absolute atomic E-state index is 0.0780. The maximum atomic E-state index is 10.9. The van der Waals surface area contributed by atoms with Crippen molar-refractivity contribution >= 4 is 122 Å². The first-order valence-electron chi connectivity index (χ1n) is 21.6. The summed E-state index contributed by atoms with van der Waals surface area (Å²) in [7, 11) is 5.90. The largest absolute Gasteiger partial charge is 0.505 e. The van der Waals surface area contributed by atoms with E-state index in [9.17, 15) is 9.90 Å². The number of ketones is 1. The van der Waals surface area contributed by atoms with Crippen LogP contribution in [0.25, 0.3) is 62.4 Å². The number of rotatable bonds is 3. The fraction of sp³-hybridized carbons (Fsp3) is 0.0943. The number of phenolic OH excluding ortho intramolecular Hbond substituents is 1. The lowest BCUT2D eigenvalue weighted by Gasteiger charge is -2.13. The predicted octanol–water partition coefficient (Wildman–Crippen LogP) is 11.8. The zero-order chi connectivity index (χ0) is 49.5. The molecule has 11 rings (SSSR count). The number of hydrogen-bond donors (Lipinski definition) is 4. The van der Waals surface area contributed by atoms with Gasteiger partial charge in [-0.3, -0.25) is 14.8 Å². The lowest BCUT2D eigenvalue weighted by Crippen LogP contribution is -2.08. The third kappa shape index (κ3) is 12.1. The Morgan fingerprint density at radius 2 is 1.11 bits per heavy atom. The van der Waals surface area contributed by atoms with Crippen LogP contribution in [0, 0.1) is 5.41 Å². The van der Waals surface area contributed by atoms with Crippen molar-refractivity contribution in [2.45, 2.75) is 6.92 Å². The Morgan fingerprint density at radius 3 is 1.64 bits per heavy atom. The van der Waals surface area contributed by atoms with Gasteiger partial charge in [-0.1, -0.05) is 23.2 Å². The fourth-order valence-corrected chi connectivity index (χ4v) is 10.5. The summed E-state index contributed by atoms with van der Waals surface area (Å²) in [4.78, 5) is 43.1. The van der Waals surface area contributed by atoms with Crippen LogP contribution < -0.4 is 32.4 Å². The number of benzene rings is 7. The van der Waals surface area contributed by atoms with Gasteiger partial charge in [-0.2, -0.15) is 0 Å². The number of nitrogens with two attached hydrogens (primary N) is 2. The normalized spacial score (nSPS) is 12.5. The summed E-state index contributed by atoms with van der Waals surface area (Å²) in [5.41, 5.74) is 21.3. The molecule has 4 aromatic rings. The van der Waals surface area contributed by atoms with Gasteiger partial charge in [0.05, 0.1) is 99.9 Å². The number of fused-ring (bicyclic) bond motifs is 6. The van der Waals surface area contributed by atoms with E-state index in [0.29, 0.717) is 16.8 Å². The van der Waals surface area contributed by atoms with Crippen LogP contribution in [0.2, 0.25) is 10.0 Å². The first kappa shape index (κ1) is 49.0. The molecular weight excluding hydrogens is 976 g/mol. The molecule has 0 unspecified atom stereocenters. The maximum absolute atomic E-state index is 10.9. The molecule has 0 atom stereocenters. The molecule has 6 N–H and O–H groups in total. The van der Waals surface area contributed by atoms with E-state index in [4.69, 9.17) is 45.1 Å². The number of phenols is 1. The van der Waals surface area contributed by atoms with Crippen LogP contribution in [0.5, 0.6) is 5.75 Å². The Balaban J connectivity index is 0.000000126. The number of carbonyl (C=O) groups is 1. The number of allylic oxidation sites excluding steroid dienone is 4. The van der Waals surface area contributed by atoms with Gasteiger partial charge >= 0.3 is 0 Å². The molecule has 12 nitrogen and oxygen atoms in total. The number of halogens is 2. The van der Waals surface area contributed by atoms with E-state index < -0.39 is 0 Å². The van der Waals surface area contributed by atoms with Gasteiger partial charge in [-0.15, -0.1) is 34.0 Å². The van der Waals surface area contributed by atoms with Crippen molar-refractivity contribution in [1.82, 2.24) is 15.0 Å². The number of anilines is 3. The van der Waals surface area contributed by atoms with E-state index in [1.54, 1.807) is 59.3 Å². The number of nitrogens with one attached hydrogen (secondary N) is 1. The van der Waals surface area contributed by atoms with Gasteiger partial charge in [0.1, 0.15) is 0 Å². The number of nitrogens with zero attached hydrogens (tertiary/aromatic N) is 7. The molecule has 350 valence electrons. The molecule has 0 radical (unpaired) electrons. The molecule has 0 amide bonds. The van der Waals surface area contributed by atoms with Gasteiger partial charge in [0.15, 0.2) is 11.5 Å². The SMILES string of the molecule is CCN=c1ccc2nc3ccc(N(C)C)cc3sc-2c1.CN=c1ccc2nc3ccc(N)cc3sc-2c1.N=c1ccc2nc3ccc(N)cc3sc-2c1.O=C1C=CC(=Nc2cc(Cl)c(O)c(Cl)c2)C=C1. The van der Waals surface area contributed by atoms with Crippen molar-refractivity contribution in [3.63, 3.8) is 0 Å². The van der Waals surface area contributed by atoms with Crippen LogP contribution in [-0.4, -0.2) is 59.2 Å². The van der Waals surface area contributed by atoms with Gasteiger partial charge in [-0.05, 0) is 153 Å². The van der Waals surface area contributed by atoms with Crippen molar-refractivity contribution in [2.75, 3.05) is 44.1 Å². The molecule has 0 bridgehead atoms. The van der Waals surface area contributed by atoms with E-state index in [1.807, 2.05) is 66.7 Å². The Morgan fingerprint density at radius 1 is 0.629 bits per heavy atom. The van der Waals surface area contributed by atoms with Gasteiger partial charge < -0.3 is 26.9 Å². The highest BCUT2D eigenvalue weighted by Gasteiger charge is 2.11. The van der Waals surface area contributed by atoms with E-state index in [1.165, 1.54) is 39.5 Å². The molecule has 3 heterocycles. The minimum Gasteiger partial charge on any atom is -0.505 e. The van der Waals surface area contributed by atoms with Crippen molar-refractivity contribution in [3.8, 4) is 37.5 Å². The van der Waals surface area contributed by atoms with E-state index in [0.717, 1.165) is 81.4 Å². The lowest BCUT2D eigenvalue weighted by atomic mass is 10.1. The number of aliphatic imine (C=N–C) groups is 1. The van der Waals surface area contributed by atoms with Crippen molar-refractivity contribution in [3.05, 3.63) is 172 Å². The number of carbonyl (C=O) groups excluding carboxylic acids is 1. The molecule has 0 saturated carbocycles. The number of aromatic nitrogens is 3. The zero-order valence-electron chi connectivity index (χ0n) is 38.2. The van der Waals surface area contributed by atoms with E-state index in [2.05, 4.69) is 87.3 Å². The Labute approximate surface area is 424 Å². The second-order valence-electron chi connectivity index (χ2n) is 15.7. The molecule has 3 aliphatic heterocycles. The van der Waals surface area contributed by atoms with Gasteiger partial charge in [0, 0.05) is 44.7 Å². The molecule has 70 heavy (non-hydrogen) atoms. The van der Waals surface area contributed by atoms with E-state index in [-0.39, 0.29) is 21.6 Å². The molecule has 0 spiro atoms. The maximum Gasteiger partial charge on any atom is 0.178 e. The highest BCUT2D eigenvalue weighted by molar-refractivity contribution is 7.22. The topological polar surface area (TPSA) is 192 Å². The Kier molecular flexibility index (Phi) is 15.4. The molecule has 0 aromatic heterocycles. The smallest absolute Gasteiger partial charge is 0.178 e. The molecule has 0 saturated heterocycles. The number of nitrogen functional groups attached to an aromatic ring is 2. The Hall–Kier alpha value is -7.40. The summed E-state index contributed by atoms with van der Waals surface area (Å²) in [6, 6.07) is 38.6. The van der Waals surface area contributed by atoms with Crippen LogP contribution in [0.1, 0.15) is 6.92 Å². The number of aromatic hydroxyl groups is 1. The molecular formula is C53H44Cl2N10O2S3. The number of hydrogen-bond acceptors (Lipinski definition) is 15. The van der Waals surface area contributed by atoms with Crippen LogP contribution in [0.4, 0.5) is 22.7 Å². The zero-order valence-corrected chi connectivity index (χ0v) is 42.1. The highest BCUT2D eigenvalue weighted by atomic mass is 35.5. The average Bonchev–Trinajstić information content (AvgIpc) is 3.34. The molecule has 0 fully saturated rings. The first-order valence-corrected chi connectivity index (χ1v) is 24.8. The van der Waals surface area contributed by atoms with Crippen molar-refractivity contribution in [1.29, 1.82) is 5.41 Å². The standard InChI is InChI=1S/C16H17N3S.C13H11N3S.C12H7Cl2NO2.C12H9N3S/c1-4-17-11-5-7-13-15(9-11)20-16-10-12(19(2)3)6-8-14(16)18-13;1-15-9-3-5-11-13(7-9)17-12-6-8(14)2-4-10(12)16-11;13-10-5-8(6-11(14)12(10)17)15-7-1-3-9(16)4-2-7;13-7-1-3-9-11(5-7)16-12-6-8(14)2-4-10(12)15-9/h5-10H,4H2,1-3H3;2-7H,14H2,1H3;1-6,17H;1-6,13H,14H2. The predicted molar refractivity (Wildman–Crippen MR) is 294 cm³/mol. The summed E-state index contributed by atoms with van der Waals surface area (Å²) in [6.07, 6.45) is 6.03. The van der Waals surface area contributed by atoms with Crippen LogP contribution in [0.3, 0.4) is 0 Å². The second-order valence-corrected chi connectivity index (χ2v) is 19.8. The second kappa shape index (κ2) is 21.9. The van der Waals surface area contributed by atoms with Crippen LogP contribution in [-0.2, 0) is 4.79 Å². The highest BCUT2D eigenvalue weighted by Crippen LogP contribution is 2.36. The summed E-state index contributed by atoms with van der Waals surface area (Å²) < 4.78 is 3.36. The molecule has 7 aliphatic rings. The lowest BCUT2D eigenvalue weighted by molar-refractivity contribution is -0.110. The van der Waals surface area contributed by atoms with Crippen LogP contribution >= 0.6 is 57.2 Å². The minimum atomic E-state index is -0.165. The third-order valence-electron chi connectivity index (χ3n) is 10.4. The van der Waals surface area contributed by atoms with Gasteiger partial charge in [-0.25, -0.2) is 19.9 Å².